The van der Waals surface area contributed by atoms with Gasteiger partial charge in [0, 0.05) is 39.6 Å². The number of hydrogen-bond acceptors (Lipinski definition) is 3. The van der Waals surface area contributed by atoms with Gasteiger partial charge in [0.05, 0.1) is 10.8 Å². The Balaban J connectivity index is 1.58. The van der Waals surface area contributed by atoms with Crippen molar-refractivity contribution in [1.82, 2.24) is 4.98 Å². The van der Waals surface area contributed by atoms with E-state index in [2.05, 4.69) is 10.3 Å². The van der Waals surface area contributed by atoms with Gasteiger partial charge in [-0.15, -0.1) is 0 Å². The predicted octanol–water partition coefficient (Wildman–Crippen LogP) is 4.97. The van der Waals surface area contributed by atoms with Crippen LogP contribution in [0.4, 0.5) is 11.4 Å². The molecule has 6 heteroatoms. The molecule has 1 aromatic heterocycles. The number of non-ortho nitro benzene ring substituents is 1. The van der Waals surface area contributed by atoms with E-state index in [0.717, 1.165) is 27.4 Å². The second kappa shape index (κ2) is 6.57. The summed E-state index contributed by atoms with van der Waals surface area (Å²) in [6.45, 7) is 1.78. The maximum absolute atomic E-state index is 12.6. The number of anilines is 1. The number of amides is 1. The van der Waals surface area contributed by atoms with Gasteiger partial charge in [-0.1, -0.05) is 30.3 Å². The van der Waals surface area contributed by atoms with Crippen molar-refractivity contribution < 1.29 is 9.72 Å². The number of H-pyrrole nitrogens is 1. The summed E-state index contributed by atoms with van der Waals surface area (Å²) in [6.07, 6.45) is 0. The number of aromatic amines is 1. The van der Waals surface area contributed by atoms with Crippen LogP contribution in [0.15, 0.2) is 66.7 Å². The molecule has 1 heterocycles. The van der Waals surface area contributed by atoms with E-state index in [1.165, 1.54) is 12.1 Å². The fraction of sp³-hybridized carbons (Fsp3) is 0.0952. The van der Waals surface area contributed by atoms with Gasteiger partial charge in [-0.2, -0.15) is 0 Å². The molecule has 0 fully saturated rings. The lowest BCUT2D eigenvalue weighted by Crippen LogP contribution is -2.18. The van der Waals surface area contributed by atoms with Crippen LogP contribution in [0, 0.1) is 10.1 Å². The van der Waals surface area contributed by atoms with E-state index in [9.17, 15) is 14.9 Å². The summed E-state index contributed by atoms with van der Waals surface area (Å²) in [6, 6.07) is 19.8. The first-order valence-corrected chi connectivity index (χ1v) is 8.58. The number of fused-ring (bicyclic) bond motifs is 3. The van der Waals surface area contributed by atoms with Crippen LogP contribution in [0.5, 0.6) is 0 Å². The average Bonchev–Trinajstić information content (AvgIpc) is 3.05. The first kappa shape index (κ1) is 16.8. The lowest BCUT2D eigenvalue weighted by Gasteiger charge is -2.12. The summed E-state index contributed by atoms with van der Waals surface area (Å²) < 4.78 is 0. The van der Waals surface area contributed by atoms with Gasteiger partial charge >= 0.3 is 0 Å². The van der Waals surface area contributed by atoms with Gasteiger partial charge in [0.15, 0.2) is 0 Å². The Morgan fingerprint density at radius 1 is 1.00 bits per heavy atom. The minimum absolute atomic E-state index is 0.0103. The van der Waals surface area contributed by atoms with Crippen LogP contribution in [-0.2, 0) is 4.79 Å². The molecule has 134 valence electrons. The van der Waals surface area contributed by atoms with Gasteiger partial charge in [-0.3, -0.25) is 14.9 Å². The first-order chi connectivity index (χ1) is 13.0. The smallest absolute Gasteiger partial charge is 0.269 e. The molecule has 0 saturated heterocycles. The molecule has 27 heavy (non-hydrogen) atoms. The van der Waals surface area contributed by atoms with E-state index in [4.69, 9.17) is 0 Å². The van der Waals surface area contributed by atoms with Gasteiger partial charge in [-0.25, -0.2) is 0 Å². The Kier molecular flexibility index (Phi) is 4.08. The summed E-state index contributed by atoms with van der Waals surface area (Å²) in [7, 11) is 0. The van der Waals surface area contributed by atoms with Crippen molar-refractivity contribution in [3.05, 3.63) is 82.4 Å². The number of nitrogens with zero attached hydrogens (tertiary/aromatic N) is 1. The first-order valence-electron chi connectivity index (χ1n) is 8.58. The fourth-order valence-corrected chi connectivity index (χ4v) is 3.21. The standard InChI is InChI=1S/C21H17N3O3/c1-13(14-6-9-16(10-7-14)24(26)27)21(25)22-15-8-11-20-18(12-15)17-4-2-3-5-19(17)23-20/h2-13,23H,1H3,(H,22,25)/t13-/m1/s1. The molecule has 0 aliphatic carbocycles. The Hall–Kier alpha value is -3.67. The van der Waals surface area contributed by atoms with Crippen molar-refractivity contribution in [2.24, 2.45) is 0 Å². The number of nitrogens with one attached hydrogen (secondary N) is 2. The Bertz CT molecular complexity index is 1160. The monoisotopic (exact) mass is 359 g/mol. The van der Waals surface area contributed by atoms with Crippen LogP contribution >= 0.6 is 0 Å². The van der Waals surface area contributed by atoms with Crippen molar-refractivity contribution in [3.63, 3.8) is 0 Å². The molecular weight excluding hydrogens is 342 g/mol. The van der Waals surface area contributed by atoms with E-state index in [-0.39, 0.29) is 11.6 Å². The minimum Gasteiger partial charge on any atom is -0.355 e. The molecule has 1 amide bonds. The number of nitro groups is 1. The average molecular weight is 359 g/mol. The molecule has 4 aromatic rings. The highest BCUT2D eigenvalue weighted by molar-refractivity contribution is 6.09. The number of aromatic nitrogens is 1. The van der Waals surface area contributed by atoms with Gasteiger partial charge in [0.25, 0.3) is 5.69 Å². The number of para-hydroxylation sites is 1. The van der Waals surface area contributed by atoms with Crippen LogP contribution < -0.4 is 5.32 Å². The summed E-state index contributed by atoms with van der Waals surface area (Å²) in [5.74, 6) is -0.590. The zero-order valence-electron chi connectivity index (χ0n) is 14.6. The zero-order valence-corrected chi connectivity index (χ0v) is 14.6. The minimum atomic E-state index is -0.453. The second-order valence-corrected chi connectivity index (χ2v) is 6.49. The molecular formula is C21H17N3O3. The van der Waals surface area contributed by atoms with Crippen LogP contribution in [-0.4, -0.2) is 15.8 Å². The van der Waals surface area contributed by atoms with Crippen LogP contribution in [0.1, 0.15) is 18.4 Å². The van der Waals surface area contributed by atoms with E-state index in [1.54, 1.807) is 19.1 Å². The zero-order chi connectivity index (χ0) is 19.0. The normalized spacial score (nSPS) is 12.2. The molecule has 0 aliphatic rings. The highest BCUT2D eigenvalue weighted by Gasteiger charge is 2.17. The number of benzene rings is 3. The maximum atomic E-state index is 12.6. The van der Waals surface area contributed by atoms with Gasteiger partial charge in [-0.05, 0) is 36.8 Å². The lowest BCUT2D eigenvalue weighted by atomic mass is 10.00. The maximum Gasteiger partial charge on any atom is 0.269 e. The quantitative estimate of drug-likeness (QED) is 0.398. The van der Waals surface area contributed by atoms with Crippen molar-refractivity contribution in [2.45, 2.75) is 12.8 Å². The number of nitro benzene ring substituents is 1. The topological polar surface area (TPSA) is 88.0 Å². The number of carbonyl (C=O) groups is 1. The Morgan fingerprint density at radius 2 is 1.70 bits per heavy atom. The van der Waals surface area contributed by atoms with Crippen LogP contribution in [0.2, 0.25) is 0 Å². The van der Waals surface area contributed by atoms with Crippen LogP contribution in [0.25, 0.3) is 21.8 Å². The number of carbonyl (C=O) groups excluding carboxylic acids is 1. The molecule has 0 unspecified atom stereocenters. The summed E-state index contributed by atoms with van der Waals surface area (Å²) in [4.78, 5) is 26.3. The van der Waals surface area contributed by atoms with Crippen molar-refractivity contribution >= 4 is 39.1 Å². The third-order valence-electron chi connectivity index (χ3n) is 4.77. The number of rotatable bonds is 4. The molecule has 0 bridgehead atoms. The lowest BCUT2D eigenvalue weighted by molar-refractivity contribution is -0.384. The molecule has 0 radical (unpaired) electrons. The number of hydrogen-bond donors (Lipinski definition) is 2. The van der Waals surface area contributed by atoms with Gasteiger partial charge in [0.2, 0.25) is 5.91 Å². The van der Waals surface area contributed by atoms with Gasteiger partial charge in [0.1, 0.15) is 0 Å². The molecule has 0 saturated carbocycles. The van der Waals surface area contributed by atoms with Crippen molar-refractivity contribution in [1.29, 1.82) is 0 Å². The molecule has 4 rings (SSSR count). The molecule has 3 aromatic carbocycles. The summed E-state index contributed by atoms with van der Waals surface area (Å²) in [5.41, 5.74) is 3.52. The predicted molar refractivity (Wildman–Crippen MR) is 106 cm³/mol. The highest BCUT2D eigenvalue weighted by Crippen LogP contribution is 2.28. The molecule has 0 aliphatic heterocycles. The summed E-state index contributed by atoms with van der Waals surface area (Å²) >= 11 is 0. The van der Waals surface area contributed by atoms with Crippen molar-refractivity contribution in [2.75, 3.05) is 5.32 Å². The SMILES string of the molecule is C[C@@H](C(=O)Nc1ccc2[nH]c3ccccc3c2c1)c1ccc([N+](=O)[O-])cc1. The highest BCUT2D eigenvalue weighted by atomic mass is 16.6. The van der Waals surface area contributed by atoms with E-state index in [0.29, 0.717) is 5.69 Å². The van der Waals surface area contributed by atoms with Crippen LogP contribution in [0.3, 0.4) is 0 Å². The Morgan fingerprint density at radius 3 is 2.44 bits per heavy atom. The summed E-state index contributed by atoms with van der Waals surface area (Å²) in [5, 5.41) is 15.8. The second-order valence-electron chi connectivity index (χ2n) is 6.49. The van der Waals surface area contributed by atoms with E-state index < -0.39 is 10.8 Å². The van der Waals surface area contributed by atoms with Crippen molar-refractivity contribution in [3.8, 4) is 0 Å². The Labute approximate surface area is 155 Å². The van der Waals surface area contributed by atoms with E-state index >= 15 is 0 Å². The van der Waals surface area contributed by atoms with E-state index in [1.807, 2.05) is 42.5 Å². The molecule has 2 N–H and O–H groups in total. The molecule has 0 spiro atoms. The molecule has 1 atom stereocenters. The largest absolute Gasteiger partial charge is 0.355 e. The third-order valence-corrected chi connectivity index (χ3v) is 4.77. The van der Waals surface area contributed by atoms with Gasteiger partial charge < -0.3 is 10.3 Å². The molecule has 6 nitrogen and oxygen atoms in total. The fourth-order valence-electron chi connectivity index (χ4n) is 3.21. The third kappa shape index (κ3) is 3.13.